The molecule has 25 heavy (non-hydrogen) atoms. The van der Waals surface area contributed by atoms with Crippen LogP contribution in [0.25, 0.3) is 0 Å². The molecule has 0 unspecified atom stereocenters. The number of hydroxylamine groups is 2. The summed E-state index contributed by atoms with van der Waals surface area (Å²) >= 11 is 0. The zero-order valence-corrected chi connectivity index (χ0v) is 13.3. The number of carbonyl (C=O) groups is 3. The molecular formula is C17H15N3O5. The summed E-state index contributed by atoms with van der Waals surface area (Å²) in [4.78, 5) is 45.7. The highest BCUT2D eigenvalue weighted by Gasteiger charge is 2.39. The molecule has 0 bridgehead atoms. The smallest absolute Gasteiger partial charge is 0.381 e. The minimum Gasteiger partial charge on any atom is -0.381 e. The van der Waals surface area contributed by atoms with E-state index in [-0.39, 0.29) is 22.9 Å². The molecule has 1 aromatic heterocycles. The number of benzene rings is 1. The largest absolute Gasteiger partial charge is 0.383 e. The molecule has 1 saturated heterocycles. The number of nitrogens with zero attached hydrogens (tertiary/aromatic N) is 3. The van der Waals surface area contributed by atoms with Crippen LogP contribution in [0.5, 0.6) is 0 Å². The fourth-order valence-electron chi connectivity index (χ4n) is 3.00. The predicted molar refractivity (Wildman–Crippen MR) is 83.7 cm³/mol. The number of carbonyl (C=O) groups excluding carboxylic acids is 3. The highest BCUT2D eigenvalue weighted by molar-refractivity contribution is 6.21. The molecule has 3 heterocycles. The minimum atomic E-state index is -0.847. The third-order valence-electron chi connectivity index (χ3n) is 4.35. The summed E-state index contributed by atoms with van der Waals surface area (Å²) in [5.74, 6) is -2.16. The van der Waals surface area contributed by atoms with Crippen molar-refractivity contribution in [2.24, 2.45) is 0 Å². The molecule has 0 saturated carbocycles. The average molecular weight is 341 g/mol. The number of hydrogen-bond acceptors (Lipinski definition) is 6. The van der Waals surface area contributed by atoms with Crippen LogP contribution in [-0.4, -0.2) is 45.6 Å². The van der Waals surface area contributed by atoms with Crippen LogP contribution < -0.4 is 0 Å². The molecule has 0 spiro atoms. The highest BCUT2D eigenvalue weighted by Crippen LogP contribution is 2.24. The molecule has 0 radical (unpaired) electrons. The molecule has 2 aliphatic heterocycles. The normalized spacial score (nSPS) is 17.7. The van der Waals surface area contributed by atoms with E-state index in [9.17, 15) is 14.4 Å². The van der Waals surface area contributed by atoms with Gasteiger partial charge in [-0.25, -0.2) is 9.78 Å². The maximum atomic E-state index is 12.3. The Labute approximate surface area is 142 Å². The molecule has 4 rings (SSSR count). The van der Waals surface area contributed by atoms with Gasteiger partial charge in [0.25, 0.3) is 11.8 Å². The fourth-order valence-corrected chi connectivity index (χ4v) is 3.00. The zero-order chi connectivity index (χ0) is 17.4. The van der Waals surface area contributed by atoms with Crippen LogP contribution in [0, 0.1) is 0 Å². The van der Waals surface area contributed by atoms with Crippen LogP contribution >= 0.6 is 0 Å². The van der Waals surface area contributed by atoms with E-state index in [2.05, 4.69) is 4.98 Å². The van der Waals surface area contributed by atoms with Gasteiger partial charge in [-0.1, -0.05) is 17.2 Å². The van der Waals surface area contributed by atoms with Crippen molar-refractivity contribution in [2.75, 3.05) is 13.2 Å². The number of imide groups is 1. The third-order valence-corrected chi connectivity index (χ3v) is 4.35. The summed E-state index contributed by atoms with van der Waals surface area (Å²) in [6.45, 7) is 1.33. The van der Waals surface area contributed by atoms with Crippen molar-refractivity contribution in [3.8, 4) is 0 Å². The Kier molecular flexibility index (Phi) is 3.81. The maximum Gasteiger partial charge on any atom is 0.383 e. The topological polar surface area (TPSA) is 90.7 Å². The number of amides is 2. The van der Waals surface area contributed by atoms with Gasteiger partial charge >= 0.3 is 5.97 Å². The second-order valence-corrected chi connectivity index (χ2v) is 5.88. The molecule has 2 aliphatic rings. The Bertz CT molecular complexity index is 818. The fraction of sp³-hybridized carbons (Fsp3) is 0.294. The van der Waals surface area contributed by atoms with Crippen LogP contribution in [0.15, 0.2) is 36.8 Å². The molecule has 2 aromatic rings. The number of hydrogen-bond donors (Lipinski definition) is 0. The molecule has 8 nitrogen and oxygen atoms in total. The number of aromatic nitrogens is 2. The lowest BCUT2D eigenvalue weighted by Crippen LogP contribution is -2.32. The Morgan fingerprint density at radius 2 is 1.76 bits per heavy atom. The molecular weight excluding hydrogens is 326 g/mol. The van der Waals surface area contributed by atoms with E-state index in [0.717, 1.165) is 12.8 Å². The lowest BCUT2D eigenvalue weighted by molar-refractivity contribution is -0.0588. The van der Waals surface area contributed by atoms with Gasteiger partial charge in [0.1, 0.15) is 0 Å². The van der Waals surface area contributed by atoms with Crippen molar-refractivity contribution in [3.63, 3.8) is 0 Å². The van der Waals surface area contributed by atoms with Crippen LogP contribution in [-0.2, 0) is 9.57 Å². The molecule has 1 aromatic carbocycles. The van der Waals surface area contributed by atoms with E-state index in [1.807, 2.05) is 4.57 Å². The maximum absolute atomic E-state index is 12.3. The van der Waals surface area contributed by atoms with Gasteiger partial charge in [0, 0.05) is 25.5 Å². The van der Waals surface area contributed by atoms with Gasteiger partial charge in [-0.15, -0.1) is 0 Å². The van der Waals surface area contributed by atoms with Crippen LogP contribution in [0.2, 0.25) is 0 Å². The summed E-state index contributed by atoms with van der Waals surface area (Å²) in [6, 6.07) is 6.53. The van der Waals surface area contributed by atoms with Gasteiger partial charge in [-0.3, -0.25) is 9.59 Å². The van der Waals surface area contributed by atoms with Gasteiger partial charge < -0.3 is 14.1 Å². The summed E-state index contributed by atoms with van der Waals surface area (Å²) in [5.41, 5.74) is 0.476. The van der Waals surface area contributed by atoms with Gasteiger partial charge in [-0.05, 0) is 25.0 Å². The molecule has 8 heteroatoms. The average Bonchev–Trinajstić information content (AvgIpc) is 3.23. The standard InChI is InChI=1S/C17H15N3O5/c21-15-12-3-1-2-4-13(12)16(22)20(15)25-17(23)14-9-19(10-18-14)11-5-7-24-8-6-11/h1-4,9-11H,5-8H2. The minimum absolute atomic E-state index is 0.0445. The van der Waals surface area contributed by atoms with Crippen LogP contribution in [0.1, 0.15) is 50.1 Å². The first-order chi connectivity index (χ1) is 12.1. The summed E-state index contributed by atoms with van der Waals surface area (Å²) in [6.07, 6.45) is 4.79. The van der Waals surface area contributed by atoms with Crippen molar-refractivity contribution in [3.05, 3.63) is 53.6 Å². The summed E-state index contributed by atoms with van der Waals surface area (Å²) < 4.78 is 7.15. The Morgan fingerprint density at radius 3 is 2.40 bits per heavy atom. The molecule has 0 atom stereocenters. The summed E-state index contributed by atoms with van der Waals surface area (Å²) in [5, 5.41) is 0.487. The van der Waals surface area contributed by atoms with Crippen LogP contribution in [0.4, 0.5) is 0 Å². The lowest BCUT2D eigenvalue weighted by atomic mass is 10.1. The van der Waals surface area contributed by atoms with Crippen molar-refractivity contribution in [1.29, 1.82) is 0 Å². The van der Waals surface area contributed by atoms with E-state index in [4.69, 9.17) is 9.57 Å². The van der Waals surface area contributed by atoms with E-state index in [1.165, 1.54) is 12.1 Å². The van der Waals surface area contributed by atoms with Crippen molar-refractivity contribution in [1.82, 2.24) is 14.6 Å². The molecule has 0 N–H and O–H groups in total. The second kappa shape index (κ2) is 6.14. The van der Waals surface area contributed by atoms with Gasteiger partial charge in [0.05, 0.1) is 17.5 Å². The van der Waals surface area contributed by atoms with Crippen molar-refractivity contribution in [2.45, 2.75) is 18.9 Å². The SMILES string of the molecule is O=C(ON1C(=O)c2ccccc2C1=O)c1cn(C2CCOCC2)cn1. The van der Waals surface area contributed by atoms with Crippen molar-refractivity contribution < 1.29 is 24.0 Å². The van der Waals surface area contributed by atoms with Gasteiger partial charge in [-0.2, -0.15) is 0 Å². The Balaban J connectivity index is 1.49. The molecule has 0 aliphatic carbocycles. The first kappa shape index (κ1) is 15.5. The molecule has 128 valence electrons. The second-order valence-electron chi connectivity index (χ2n) is 5.88. The number of fused-ring (bicyclic) bond motifs is 1. The monoisotopic (exact) mass is 341 g/mol. The van der Waals surface area contributed by atoms with Gasteiger partial charge in [0.15, 0.2) is 5.69 Å². The van der Waals surface area contributed by atoms with Crippen LogP contribution in [0.3, 0.4) is 0 Å². The lowest BCUT2D eigenvalue weighted by Gasteiger charge is -2.22. The van der Waals surface area contributed by atoms with Gasteiger partial charge in [0.2, 0.25) is 0 Å². The Morgan fingerprint density at radius 1 is 1.12 bits per heavy atom. The number of imidazole rings is 1. The van der Waals surface area contributed by atoms with Crippen molar-refractivity contribution >= 4 is 17.8 Å². The van der Waals surface area contributed by atoms with E-state index >= 15 is 0 Å². The third kappa shape index (κ3) is 2.70. The first-order valence-corrected chi connectivity index (χ1v) is 7.96. The first-order valence-electron chi connectivity index (χ1n) is 7.96. The quantitative estimate of drug-likeness (QED) is 0.788. The number of rotatable bonds is 3. The highest BCUT2D eigenvalue weighted by atomic mass is 16.7. The number of ether oxygens (including phenoxy) is 1. The van der Waals surface area contributed by atoms with E-state index in [0.29, 0.717) is 18.3 Å². The summed E-state index contributed by atoms with van der Waals surface area (Å²) in [7, 11) is 0. The Hall–Kier alpha value is -3.00. The zero-order valence-electron chi connectivity index (χ0n) is 13.3. The molecule has 1 fully saturated rings. The predicted octanol–water partition coefficient (Wildman–Crippen LogP) is 1.60. The van der Waals surface area contributed by atoms with E-state index in [1.54, 1.807) is 24.7 Å². The molecule has 2 amide bonds. The van der Waals surface area contributed by atoms with E-state index < -0.39 is 17.8 Å².